The van der Waals surface area contributed by atoms with Gasteiger partial charge in [0.25, 0.3) is 5.91 Å². The average molecular weight is 777 g/mol. The van der Waals surface area contributed by atoms with E-state index in [-0.39, 0.29) is 52.0 Å². The summed E-state index contributed by atoms with van der Waals surface area (Å²) in [7, 11) is -4.03. The van der Waals surface area contributed by atoms with E-state index in [1.807, 2.05) is 45.0 Å². The van der Waals surface area contributed by atoms with Gasteiger partial charge in [0.05, 0.1) is 22.7 Å². The van der Waals surface area contributed by atoms with Crippen molar-refractivity contribution in [2.75, 3.05) is 32.8 Å². The van der Waals surface area contributed by atoms with Gasteiger partial charge in [-0.3, -0.25) is 20.2 Å². The van der Waals surface area contributed by atoms with E-state index in [1.165, 1.54) is 16.4 Å². The third-order valence-electron chi connectivity index (χ3n) is 10.9. The van der Waals surface area contributed by atoms with E-state index in [0.29, 0.717) is 49.1 Å². The van der Waals surface area contributed by atoms with Crippen LogP contribution in [-0.2, 0) is 36.4 Å². The first-order valence-electron chi connectivity index (χ1n) is 17.3. The number of primary amides is 1. The molecule has 10 nitrogen and oxygen atoms in total. The molecule has 0 aliphatic carbocycles. The quantitative estimate of drug-likeness (QED) is 0.226. The van der Waals surface area contributed by atoms with Crippen LogP contribution in [0.15, 0.2) is 65.6 Å². The molecule has 2 amide bonds. The molecule has 3 aromatic rings. The van der Waals surface area contributed by atoms with Gasteiger partial charge >= 0.3 is 0 Å². The summed E-state index contributed by atoms with van der Waals surface area (Å²) in [5.41, 5.74) is 3.66. The molecule has 51 heavy (non-hydrogen) atoms. The number of amides is 2. The van der Waals surface area contributed by atoms with Crippen molar-refractivity contribution < 1.29 is 22.7 Å². The topological polar surface area (TPSA) is 134 Å². The van der Waals surface area contributed by atoms with Gasteiger partial charge in [0, 0.05) is 54.3 Å². The number of ether oxygens (including phenoxy) is 1. The number of likely N-dealkylation sites (tertiary alicyclic amines) is 1. The molecular weight excluding hydrogens is 733 g/mol. The van der Waals surface area contributed by atoms with E-state index in [1.54, 1.807) is 29.2 Å². The maximum absolute atomic E-state index is 15.5. The lowest BCUT2D eigenvalue weighted by molar-refractivity contribution is -0.141. The van der Waals surface area contributed by atoms with Crippen molar-refractivity contribution in [3.8, 4) is 5.75 Å². The van der Waals surface area contributed by atoms with Gasteiger partial charge in [0.2, 0.25) is 15.9 Å². The van der Waals surface area contributed by atoms with Gasteiger partial charge in [-0.05, 0) is 93.8 Å². The number of hydrogen-bond donors (Lipinski definition) is 3. The van der Waals surface area contributed by atoms with Crippen molar-refractivity contribution in [3.63, 3.8) is 0 Å². The summed E-state index contributed by atoms with van der Waals surface area (Å²) < 4.78 is 35.9. The lowest BCUT2D eigenvalue weighted by atomic mass is 9.72. The third-order valence-corrected chi connectivity index (χ3v) is 13.7. The number of nitrogens with two attached hydrogens (primary N) is 1. The van der Waals surface area contributed by atoms with Gasteiger partial charge in [-0.15, -0.1) is 0 Å². The van der Waals surface area contributed by atoms with Crippen LogP contribution in [0.1, 0.15) is 69.6 Å². The predicted octanol–water partition coefficient (Wildman–Crippen LogP) is 6.12. The second-order valence-corrected chi connectivity index (χ2v) is 17.2. The minimum Gasteiger partial charge on any atom is -0.493 e. The molecule has 6 rings (SSSR count). The highest BCUT2D eigenvalue weighted by Crippen LogP contribution is 2.52. The van der Waals surface area contributed by atoms with Gasteiger partial charge in [-0.25, -0.2) is 8.42 Å². The van der Waals surface area contributed by atoms with Crippen molar-refractivity contribution >= 4 is 56.6 Å². The van der Waals surface area contributed by atoms with Crippen molar-refractivity contribution in [2.45, 2.75) is 74.5 Å². The highest BCUT2D eigenvalue weighted by atomic mass is 35.5. The van der Waals surface area contributed by atoms with Crippen molar-refractivity contribution in [2.24, 2.45) is 11.7 Å². The molecule has 0 spiro atoms. The Hall–Kier alpha value is -2.90. The summed E-state index contributed by atoms with van der Waals surface area (Å²) in [6.07, 6.45) is 2.91. The van der Waals surface area contributed by atoms with Crippen LogP contribution in [0.3, 0.4) is 0 Å². The maximum Gasteiger partial charge on any atom is 0.262 e. The van der Waals surface area contributed by atoms with Gasteiger partial charge in [-0.2, -0.15) is 4.31 Å². The number of nitrogens with one attached hydrogen (secondary N) is 2. The van der Waals surface area contributed by atoms with E-state index in [4.69, 9.17) is 45.3 Å². The van der Waals surface area contributed by atoms with Crippen molar-refractivity contribution in [1.82, 2.24) is 19.8 Å². The molecule has 3 aromatic carbocycles. The Bertz CT molecular complexity index is 1840. The summed E-state index contributed by atoms with van der Waals surface area (Å²) in [5.74, 6) is -0.385. The van der Waals surface area contributed by atoms with E-state index < -0.39 is 26.8 Å². The molecule has 0 bridgehead atoms. The lowest BCUT2D eigenvalue weighted by Gasteiger charge is -2.41. The van der Waals surface area contributed by atoms with Crippen LogP contribution in [0, 0.1) is 5.92 Å². The molecule has 0 saturated carbocycles. The van der Waals surface area contributed by atoms with Crippen LogP contribution in [-0.4, -0.2) is 62.2 Å². The predicted molar refractivity (Wildman–Crippen MR) is 199 cm³/mol. The molecule has 14 heteroatoms. The molecule has 274 valence electrons. The third kappa shape index (κ3) is 6.87. The summed E-state index contributed by atoms with van der Waals surface area (Å²) >= 11 is 19.5. The Morgan fingerprint density at radius 3 is 1.84 bits per heavy atom. The second-order valence-electron chi connectivity index (χ2n) is 14.0. The van der Waals surface area contributed by atoms with Crippen molar-refractivity contribution in [3.05, 3.63) is 92.4 Å². The number of hydrogen-bond acceptors (Lipinski definition) is 7. The van der Waals surface area contributed by atoms with E-state index in [9.17, 15) is 13.2 Å². The molecule has 0 aromatic heterocycles. The molecule has 3 fully saturated rings. The molecule has 3 heterocycles. The second kappa shape index (κ2) is 14.5. The van der Waals surface area contributed by atoms with Crippen LogP contribution >= 0.6 is 34.8 Å². The van der Waals surface area contributed by atoms with Gasteiger partial charge in [0.1, 0.15) is 10.6 Å². The molecule has 3 aliphatic rings. The van der Waals surface area contributed by atoms with E-state index in [0.717, 1.165) is 24.0 Å². The van der Waals surface area contributed by atoms with Crippen LogP contribution in [0.5, 0.6) is 5.75 Å². The molecule has 4 N–H and O–H groups in total. The Balaban J connectivity index is 1.60. The number of benzene rings is 3. The zero-order valence-corrected chi connectivity index (χ0v) is 32.1. The Kier molecular flexibility index (Phi) is 10.8. The normalized spacial score (nSPS) is 26.0. The van der Waals surface area contributed by atoms with E-state index in [2.05, 4.69) is 10.6 Å². The first kappa shape index (κ1) is 37.8. The number of carbonyl (C=O) groups excluding carboxylic acids is 2. The zero-order chi connectivity index (χ0) is 36.8. The minimum absolute atomic E-state index is 0.00267. The Morgan fingerprint density at radius 2 is 1.37 bits per heavy atom. The standard InChI is InChI=1S/C37H44Cl3N5O5S/c1-4-50-31-23-30(40)32(51(48,49)45-17-5-6-18-45)22-29(31)37(34(47)44-19-15-24(16-20-44)21-33(41)46)42-35(2,25-7-11-27(38)12-8-25)36(3,43-37)26-9-13-28(39)14-10-26/h7-14,22-24,42-43H,4-6,15-21H2,1-3H3,(H2,41,46)/t35-,36+,37?. The lowest BCUT2D eigenvalue weighted by Crippen LogP contribution is -2.61. The summed E-state index contributed by atoms with van der Waals surface area (Å²) in [6.45, 7) is 7.55. The fourth-order valence-electron chi connectivity index (χ4n) is 7.91. The minimum atomic E-state index is -4.03. The zero-order valence-electron chi connectivity index (χ0n) is 29.0. The highest BCUT2D eigenvalue weighted by molar-refractivity contribution is 7.89. The monoisotopic (exact) mass is 775 g/mol. The fourth-order valence-corrected chi connectivity index (χ4v) is 10.2. The van der Waals surface area contributed by atoms with Crippen LogP contribution in [0.2, 0.25) is 15.1 Å². The van der Waals surface area contributed by atoms with E-state index >= 15 is 4.79 Å². The summed E-state index contributed by atoms with van der Waals surface area (Å²) in [6, 6.07) is 17.8. The van der Waals surface area contributed by atoms with Gasteiger partial charge < -0.3 is 15.4 Å². The van der Waals surface area contributed by atoms with Crippen LogP contribution in [0.4, 0.5) is 0 Å². The van der Waals surface area contributed by atoms with Gasteiger partial charge in [-0.1, -0.05) is 59.1 Å². The smallest absolute Gasteiger partial charge is 0.262 e. The Labute approximate surface area is 315 Å². The number of nitrogens with zero attached hydrogens (tertiary/aromatic N) is 2. The molecule has 3 atom stereocenters. The average Bonchev–Trinajstić information content (AvgIpc) is 3.72. The van der Waals surface area contributed by atoms with Crippen LogP contribution in [0.25, 0.3) is 0 Å². The number of rotatable bonds is 10. The number of sulfonamides is 1. The van der Waals surface area contributed by atoms with Crippen molar-refractivity contribution in [1.29, 1.82) is 0 Å². The number of carbonyl (C=O) groups is 2. The largest absolute Gasteiger partial charge is 0.493 e. The number of piperidine rings is 1. The van der Waals surface area contributed by atoms with Crippen LogP contribution < -0.4 is 21.1 Å². The first-order chi connectivity index (χ1) is 24.1. The fraction of sp³-hybridized carbons (Fsp3) is 0.459. The Morgan fingerprint density at radius 1 is 0.863 bits per heavy atom. The SMILES string of the molecule is CCOc1cc(Cl)c(S(=O)(=O)N2CCCC2)cc1C1(C(=O)N2CCC(CC(N)=O)CC2)N[C@@](C)(c2ccc(Cl)cc2)[C@@](C)(c2ccc(Cl)cc2)N1. The summed E-state index contributed by atoms with van der Waals surface area (Å²) in [4.78, 5) is 28.9. The van der Waals surface area contributed by atoms with Gasteiger partial charge in [0.15, 0.2) is 5.66 Å². The molecular formula is C37H44Cl3N5O5S. The molecule has 1 unspecified atom stereocenters. The molecule has 0 radical (unpaired) electrons. The first-order valence-corrected chi connectivity index (χ1v) is 19.9. The summed E-state index contributed by atoms with van der Waals surface area (Å²) in [5, 5.41) is 8.63. The number of halogens is 3. The maximum atomic E-state index is 15.5. The highest BCUT2D eigenvalue weighted by Gasteiger charge is 2.65. The molecule has 3 aliphatic heterocycles. The molecule has 3 saturated heterocycles.